The Bertz CT molecular complexity index is 3.25. The summed E-state index contributed by atoms with van der Waals surface area (Å²) in [6.07, 6.45) is 0. The van der Waals surface area contributed by atoms with Gasteiger partial charge in [0.25, 0.3) is 0 Å². The molecule has 0 rings (SSSR count). The summed E-state index contributed by atoms with van der Waals surface area (Å²) in [7, 11) is 0. The molecule has 0 bridgehead atoms. The van der Waals surface area contributed by atoms with Gasteiger partial charge in [-0.2, -0.15) is 6.92 Å². The molecule has 0 aliphatic heterocycles. The Morgan fingerprint density at radius 1 is 1.25 bits per heavy atom. The summed E-state index contributed by atoms with van der Waals surface area (Å²) >= 11 is 0. The van der Waals surface area contributed by atoms with Gasteiger partial charge in [0.2, 0.25) is 0 Å². The Morgan fingerprint density at radius 2 is 1.25 bits per heavy atom. The molecule has 0 aliphatic rings. The van der Waals surface area contributed by atoms with E-state index in [0.717, 1.165) is 0 Å². The number of hydrogen-bond acceptors (Lipinski definition) is 0. The van der Waals surface area contributed by atoms with Gasteiger partial charge in [0.15, 0.2) is 0 Å². The summed E-state index contributed by atoms with van der Waals surface area (Å²) < 4.78 is 0. The molecular weight excluding hydrogens is 220 g/mol. The molecule has 0 aromatic rings. The molecule has 0 saturated carbocycles. The molecule has 0 unspecified atom stereocenters. The number of hydrogen-bond donors (Lipinski definition) is 0. The van der Waals surface area contributed by atoms with E-state index in [9.17, 15) is 0 Å². The monoisotopic (exact) mass is 230 g/mol. The minimum absolute atomic E-state index is 0. The first kappa shape index (κ1) is 22.4. The Kier molecular flexibility index (Phi) is 315. The molecule has 0 radical (unpaired) electrons. The van der Waals surface area contributed by atoms with E-state index in [1.807, 2.05) is 0 Å². The van der Waals surface area contributed by atoms with Crippen molar-refractivity contribution in [3.63, 3.8) is 0 Å². The maximum atomic E-state index is 3.25. The van der Waals surface area contributed by atoms with E-state index < -0.39 is 0 Å². The summed E-state index contributed by atoms with van der Waals surface area (Å²) in [5, 5.41) is 0. The Balaban J connectivity index is -0.00000000500. The molecule has 30 valence electrons. The quantitative estimate of drug-likeness (QED) is 0.538. The van der Waals surface area contributed by atoms with E-state index in [-0.39, 0.29) is 28.5 Å². The summed E-state index contributed by atoms with van der Waals surface area (Å²) in [4.78, 5) is 0. The molecular formula is C3H10W-2. The summed E-state index contributed by atoms with van der Waals surface area (Å²) in [6, 6.07) is 0. The van der Waals surface area contributed by atoms with E-state index in [2.05, 4.69) is 6.92 Å². The first-order valence-electron chi connectivity index (χ1n) is 0.707. The van der Waals surface area contributed by atoms with E-state index in [1.54, 1.807) is 6.92 Å². The Morgan fingerprint density at radius 3 is 1.25 bits per heavy atom. The van der Waals surface area contributed by atoms with E-state index in [4.69, 9.17) is 0 Å². The standard InChI is InChI=1S/C2H5.CH3.W.2H/c1-2;;;;/h1H2,2H3;1H3;;;/q2*-1;;;. The van der Waals surface area contributed by atoms with Crippen molar-refractivity contribution in [1.29, 1.82) is 0 Å². The second kappa shape index (κ2) is 56.3. The molecule has 0 saturated heterocycles. The van der Waals surface area contributed by atoms with Gasteiger partial charge in [0.1, 0.15) is 0 Å². The number of rotatable bonds is 0. The normalized spacial score (nSPS) is 1.50. The van der Waals surface area contributed by atoms with Crippen LogP contribution in [0.4, 0.5) is 0 Å². The summed E-state index contributed by atoms with van der Waals surface area (Å²) in [6.45, 7) is 5.00. The van der Waals surface area contributed by atoms with Crippen molar-refractivity contribution in [2.75, 3.05) is 0 Å². The Hall–Kier alpha value is 0.688. The molecule has 0 N–H and O–H groups in total. The van der Waals surface area contributed by atoms with E-state index in [0.29, 0.717) is 0 Å². The van der Waals surface area contributed by atoms with Gasteiger partial charge in [-0.1, -0.05) is 0 Å². The van der Waals surface area contributed by atoms with Crippen LogP contribution in [-0.4, -0.2) is 0 Å². The summed E-state index contributed by atoms with van der Waals surface area (Å²) in [5.41, 5.74) is 0. The van der Waals surface area contributed by atoms with Gasteiger partial charge < -0.3 is 14.4 Å². The fourth-order valence-corrected chi connectivity index (χ4v) is 0. The predicted molar refractivity (Wildman–Crippen MR) is 20.2 cm³/mol. The molecule has 0 spiro atoms. The van der Waals surface area contributed by atoms with Crippen molar-refractivity contribution in [3.05, 3.63) is 14.4 Å². The molecule has 0 heterocycles. The van der Waals surface area contributed by atoms with Gasteiger partial charge in [-0.05, 0) is 0 Å². The SMILES string of the molecule is [CH2-]C.[CH3-].[WH2]. The van der Waals surface area contributed by atoms with Crippen molar-refractivity contribution in [2.45, 2.75) is 6.92 Å². The van der Waals surface area contributed by atoms with Crippen LogP contribution in [-0.2, 0) is 21.1 Å². The fourth-order valence-electron chi connectivity index (χ4n) is 0. The second-order valence-corrected chi connectivity index (χ2v) is 0. The molecule has 0 atom stereocenters. The zero-order valence-electron chi connectivity index (χ0n) is 3.21. The molecule has 4 heavy (non-hydrogen) atoms. The molecule has 1 heteroatoms. The third-order valence-corrected chi connectivity index (χ3v) is 0. The maximum absolute atomic E-state index is 3.25. The first-order chi connectivity index (χ1) is 1.00. The predicted octanol–water partition coefficient (Wildman–Crippen LogP) is 0.753. The fraction of sp³-hybridized carbons (Fsp3) is 0.333. The van der Waals surface area contributed by atoms with Crippen LogP contribution in [0.3, 0.4) is 0 Å². The van der Waals surface area contributed by atoms with Crippen LogP contribution in [0.25, 0.3) is 0 Å². The first-order valence-corrected chi connectivity index (χ1v) is 0.707. The molecule has 0 aromatic carbocycles. The van der Waals surface area contributed by atoms with Crippen LogP contribution in [0.15, 0.2) is 0 Å². The molecule has 0 aromatic heterocycles. The average molecular weight is 230 g/mol. The minimum atomic E-state index is 0. The zero-order valence-corrected chi connectivity index (χ0v) is 6.80. The van der Waals surface area contributed by atoms with Crippen molar-refractivity contribution in [1.82, 2.24) is 0 Å². The van der Waals surface area contributed by atoms with Crippen LogP contribution in [0, 0.1) is 14.4 Å². The van der Waals surface area contributed by atoms with Gasteiger partial charge in [0.05, 0.1) is 0 Å². The van der Waals surface area contributed by atoms with Crippen molar-refractivity contribution >= 4 is 0 Å². The van der Waals surface area contributed by atoms with Gasteiger partial charge in [-0.3, -0.25) is 0 Å². The average Bonchev–Trinajstić information content (AvgIpc) is 1.00. The third-order valence-electron chi connectivity index (χ3n) is 0. The van der Waals surface area contributed by atoms with Crippen molar-refractivity contribution < 1.29 is 21.1 Å². The van der Waals surface area contributed by atoms with Crippen LogP contribution in [0.1, 0.15) is 6.92 Å². The van der Waals surface area contributed by atoms with Gasteiger partial charge in [-0.15, -0.1) is 0 Å². The van der Waals surface area contributed by atoms with Crippen LogP contribution < -0.4 is 0 Å². The van der Waals surface area contributed by atoms with E-state index in [1.165, 1.54) is 0 Å². The van der Waals surface area contributed by atoms with Gasteiger partial charge >= 0.3 is 21.1 Å². The molecule has 0 amide bonds. The van der Waals surface area contributed by atoms with E-state index >= 15 is 0 Å². The second-order valence-electron chi connectivity index (χ2n) is 0. The van der Waals surface area contributed by atoms with Gasteiger partial charge in [-0.25, -0.2) is 0 Å². The molecule has 0 nitrogen and oxygen atoms in total. The zero-order chi connectivity index (χ0) is 2.00. The molecule has 0 fully saturated rings. The van der Waals surface area contributed by atoms with Gasteiger partial charge in [0, 0.05) is 0 Å². The van der Waals surface area contributed by atoms with Crippen molar-refractivity contribution in [3.8, 4) is 0 Å². The van der Waals surface area contributed by atoms with Crippen LogP contribution in [0.2, 0.25) is 0 Å². The molecule has 0 aliphatic carbocycles. The van der Waals surface area contributed by atoms with Crippen molar-refractivity contribution in [2.24, 2.45) is 0 Å². The topological polar surface area (TPSA) is 0 Å². The van der Waals surface area contributed by atoms with Crippen LogP contribution >= 0.6 is 0 Å². The third kappa shape index (κ3) is 16.2. The van der Waals surface area contributed by atoms with Crippen LogP contribution in [0.5, 0.6) is 0 Å². The Labute approximate surface area is 42.9 Å². The summed E-state index contributed by atoms with van der Waals surface area (Å²) in [5.74, 6) is 0.